The van der Waals surface area contributed by atoms with Gasteiger partial charge in [-0.05, 0) is 30.2 Å². The summed E-state index contributed by atoms with van der Waals surface area (Å²) < 4.78 is 5.08. The summed E-state index contributed by atoms with van der Waals surface area (Å²) in [6.07, 6.45) is 1.45. The minimum Gasteiger partial charge on any atom is -0.423 e. The molecule has 0 bridgehead atoms. The third-order valence-corrected chi connectivity index (χ3v) is 2.53. The van der Waals surface area contributed by atoms with E-state index in [0.717, 1.165) is 10.9 Å². The van der Waals surface area contributed by atoms with E-state index in [0.29, 0.717) is 11.1 Å². The van der Waals surface area contributed by atoms with Crippen LogP contribution < -0.4 is 5.63 Å². The van der Waals surface area contributed by atoms with Gasteiger partial charge in [-0.15, -0.1) is 0 Å². The molecule has 0 unspecified atom stereocenters. The average Bonchev–Trinajstić information content (AvgIpc) is 2.35. The number of rotatable bonds is 1. The van der Waals surface area contributed by atoms with Gasteiger partial charge in [-0.3, -0.25) is 0 Å². The summed E-state index contributed by atoms with van der Waals surface area (Å²) in [4.78, 5) is 11.3. The Labute approximate surface area is 103 Å². The molecule has 1 aromatic carbocycles. The van der Waals surface area contributed by atoms with Crippen LogP contribution in [0.5, 0.6) is 0 Å². The lowest BCUT2D eigenvalue weighted by Crippen LogP contribution is -1.97. The lowest BCUT2D eigenvalue weighted by Gasteiger charge is -2.01. The monoisotopic (exact) mass is 236 g/mol. The third-order valence-electron chi connectivity index (χ3n) is 2.53. The maximum atomic E-state index is 11.3. The molecule has 0 aliphatic carbocycles. The summed E-state index contributed by atoms with van der Waals surface area (Å²) in [6, 6.07) is 10.2. The van der Waals surface area contributed by atoms with Crippen molar-refractivity contribution in [3.63, 3.8) is 0 Å². The molecule has 18 heavy (non-hydrogen) atoms. The Hall–Kier alpha value is -2.85. The molecule has 0 atom stereocenters. The van der Waals surface area contributed by atoms with E-state index in [4.69, 9.17) is 14.9 Å². The van der Waals surface area contributed by atoms with Crippen LogP contribution in [-0.4, -0.2) is 0 Å². The van der Waals surface area contributed by atoms with Gasteiger partial charge in [0.05, 0.1) is 0 Å². The van der Waals surface area contributed by atoms with Crippen molar-refractivity contribution in [2.24, 2.45) is 0 Å². The normalized spacial score (nSPS) is 9.50. The molecule has 0 N–H and O–H groups in total. The molecule has 0 aliphatic heterocycles. The number of nitriles is 2. The van der Waals surface area contributed by atoms with Crippen molar-refractivity contribution in [2.75, 3.05) is 0 Å². The fourth-order valence-corrected chi connectivity index (χ4v) is 1.69. The first-order valence-corrected chi connectivity index (χ1v) is 5.20. The molecular weight excluding hydrogens is 228 g/mol. The molecule has 0 spiro atoms. The molecule has 0 saturated carbocycles. The fraction of sp³-hybridized carbons (Fsp3) is 0.0714. The van der Waals surface area contributed by atoms with Crippen molar-refractivity contribution in [1.82, 2.24) is 0 Å². The van der Waals surface area contributed by atoms with Gasteiger partial charge in [-0.1, -0.05) is 12.1 Å². The summed E-state index contributed by atoms with van der Waals surface area (Å²) in [7, 11) is 0. The Morgan fingerprint density at radius 1 is 1.28 bits per heavy atom. The first-order chi connectivity index (χ1) is 8.63. The van der Waals surface area contributed by atoms with E-state index in [1.54, 1.807) is 30.3 Å². The van der Waals surface area contributed by atoms with Crippen LogP contribution in [0, 0.1) is 29.6 Å². The van der Waals surface area contributed by atoms with Crippen molar-refractivity contribution >= 4 is 17.0 Å². The van der Waals surface area contributed by atoms with Gasteiger partial charge < -0.3 is 4.42 Å². The van der Waals surface area contributed by atoms with Crippen LogP contribution in [0.4, 0.5) is 0 Å². The van der Waals surface area contributed by atoms with E-state index < -0.39 is 5.63 Å². The van der Waals surface area contributed by atoms with Crippen LogP contribution in [0.3, 0.4) is 0 Å². The van der Waals surface area contributed by atoms with Crippen molar-refractivity contribution < 1.29 is 4.42 Å². The third kappa shape index (κ3) is 2.14. The van der Waals surface area contributed by atoms with Crippen molar-refractivity contribution in [3.05, 3.63) is 51.4 Å². The largest absolute Gasteiger partial charge is 0.423 e. The zero-order valence-corrected chi connectivity index (χ0v) is 9.60. The van der Waals surface area contributed by atoms with E-state index in [9.17, 15) is 4.79 Å². The van der Waals surface area contributed by atoms with E-state index in [-0.39, 0.29) is 5.57 Å². The summed E-state index contributed by atoms with van der Waals surface area (Å²) >= 11 is 0. The molecule has 1 heterocycles. The zero-order chi connectivity index (χ0) is 13.1. The van der Waals surface area contributed by atoms with Crippen LogP contribution in [0.25, 0.3) is 17.0 Å². The standard InChI is InChI=1S/C14H8N2O2/c1-9-4-14(17)18-13-6-10(2-3-12(9)13)5-11(7-15)8-16/h2-6H,1H3. The molecule has 0 aliphatic rings. The summed E-state index contributed by atoms with van der Waals surface area (Å²) in [5.41, 5.74) is 1.52. The minimum absolute atomic E-state index is 0.00403. The number of hydrogen-bond acceptors (Lipinski definition) is 4. The summed E-state index contributed by atoms with van der Waals surface area (Å²) in [5, 5.41) is 18.2. The Morgan fingerprint density at radius 2 is 2.00 bits per heavy atom. The molecule has 2 aromatic rings. The van der Waals surface area contributed by atoms with Crippen LogP contribution in [0.1, 0.15) is 11.1 Å². The smallest absolute Gasteiger partial charge is 0.336 e. The second-order valence-electron chi connectivity index (χ2n) is 3.79. The maximum Gasteiger partial charge on any atom is 0.336 e. The van der Waals surface area contributed by atoms with Crippen LogP contribution in [0.2, 0.25) is 0 Å². The van der Waals surface area contributed by atoms with E-state index in [1.165, 1.54) is 12.1 Å². The zero-order valence-electron chi connectivity index (χ0n) is 9.60. The molecule has 0 saturated heterocycles. The fourth-order valence-electron chi connectivity index (χ4n) is 1.69. The Kier molecular flexibility index (Phi) is 2.95. The number of fused-ring (bicyclic) bond motifs is 1. The molecular formula is C14H8N2O2. The first-order valence-electron chi connectivity index (χ1n) is 5.20. The number of allylic oxidation sites excluding steroid dienone is 1. The summed E-state index contributed by atoms with van der Waals surface area (Å²) in [6.45, 7) is 1.82. The molecule has 0 radical (unpaired) electrons. The van der Waals surface area contributed by atoms with Gasteiger partial charge in [0.1, 0.15) is 23.3 Å². The van der Waals surface area contributed by atoms with E-state index >= 15 is 0 Å². The van der Waals surface area contributed by atoms with Crippen LogP contribution in [0.15, 0.2) is 39.1 Å². The predicted molar refractivity (Wildman–Crippen MR) is 66.4 cm³/mol. The highest BCUT2D eigenvalue weighted by atomic mass is 16.4. The Balaban J connectivity index is 2.66. The lowest BCUT2D eigenvalue weighted by molar-refractivity contribution is 0.560. The summed E-state index contributed by atoms with van der Waals surface area (Å²) in [5.74, 6) is 0. The van der Waals surface area contributed by atoms with Gasteiger partial charge >= 0.3 is 5.63 Å². The van der Waals surface area contributed by atoms with Gasteiger partial charge in [0, 0.05) is 11.5 Å². The number of nitrogens with zero attached hydrogens (tertiary/aromatic N) is 2. The van der Waals surface area contributed by atoms with Crippen LogP contribution in [-0.2, 0) is 0 Å². The van der Waals surface area contributed by atoms with Crippen LogP contribution >= 0.6 is 0 Å². The molecule has 86 valence electrons. The van der Waals surface area contributed by atoms with Gasteiger partial charge in [0.15, 0.2) is 0 Å². The van der Waals surface area contributed by atoms with Crippen molar-refractivity contribution in [2.45, 2.75) is 6.92 Å². The highest BCUT2D eigenvalue weighted by molar-refractivity contribution is 5.82. The molecule has 1 aromatic heterocycles. The Morgan fingerprint density at radius 3 is 2.67 bits per heavy atom. The second-order valence-corrected chi connectivity index (χ2v) is 3.79. The lowest BCUT2D eigenvalue weighted by atomic mass is 10.1. The average molecular weight is 236 g/mol. The van der Waals surface area contributed by atoms with Crippen molar-refractivity contribution in [1.29, 1.82) is 10.5 Å². The van der Waals surface area contributed by atoms with E-state index in [1.807, 2.05) is 6.92 Å². The van der Waals surface area contributed by atoms with Gasteiger partial charge in [0.2, 0.25) is 0 Å². The topological polar surface area (TPSA) is 77.8 Å². The van der Waals surface area contributed by atoms with E-state index in [2.05, 4.69) is 0 Å². The molecule has 0 amide bonds. The Bertz CT molecular complexity index is 770. The SMILES string of the molecule is Cc1cc(=O)oc2cc(C=C(C#N)C#N)ccc12. The number of hydrogen-bond donors (Lipinski definition) is 0. The minimum atomic E-state index is -0.415. The quantitative estimate of drug-likeness (QED) is 0.563. The molecule has 4 heteroatoms. The molecule has 4 nitrogen and oxygen atoms in total. The number of aryl methyl sites for hydroxylation is 1. The maximum absolute atomic E-state index is 11.3. The predicted octanol–water partition coefficient (Wildman–Crippen LogP) is 2.53. The van der Waals surface area contributed by atoms with Gasteiger partial charge in [-0.25, -0.2) is 4.79 Å². The second kappa shape index (κ2) is 4.57. The highest BCUT2D eigenvalue weighted by Crippen LogP contribution is 2.19. The first kappa shape index (κ1) is 11.6. The molecule has 2 rings (SSSR count). The molecule has 0 fully saturated rings. The van der Waals surface area contributed by atoms with Gasteiger partial charge in [0.25, 0.3) is 0 Å². The number of benzene rings is 1. The van der Waals surface area contributed by atoms with Gasteiger partial charge in [-0.2, -0.15) is 10.5 Å². The van der Waals surface area contributed by atoms with Crippen molar-refractivity contribution in [3.8, 4) is 12.1 Å². The highest BCUT2D eigenvalue weighted by Gasteiger charge is 2.03.